The van der Waals surface area contributed by atoms with Gasteiger partial charge in [-0.2, -0.15) is 13.2 Å². The molecule has 1 saturated heterocycles. The monoisotopic (exact) mass is 402 g/mol. The second kappa shape index (κ2) is 6.56. The van der Waals surface area contributed by atoms with E-state index in [1.807, 2.05) is 10.6 Å². The van der Waals surface area contributed by atoms with Gasteiger partial charge in [-0.3, -0.25) is 9.59 Å². The number of aromatic nitrogens is 1. The van der Waals surface area contributed by atoms with Crippen LogP contribution >= 0.6 is 11.8 Å². The van der Waals surface area contributed by atoms with E-state index in [0.717, 1.165) is 34.3 Å². The SMILES string of the molecule is C=C1SC(=O)N(c2cccc3c2ccn3Cc2ccc(C(F)(F)F)cc2)C1=O. The van der Waals surface area contributed by atoms with Crippen LogP contribution in [-0.2, 0) is 17.5 Å². The van der Waals surface area contributed by atoms with E-state index in [1.54, 1.807) is 24.4 Å². The predicted molar refractivity (Wildman–Crippen MR) is 102 cm³/mol. The van der Waals surface area contributed by atoms with Crippen molar-refractivity contribution in [1.29, 1.82) is 0 Å². The fourth-order valence-corrected chi connectivity index (χ4v) is 3.81. The first-order valence-electron chi connectivity index (χ1n) is 8.25. The molecule has 0 aliphatic carbocycles. The van der Waals surface area contributed by atoms with E-state index in [-0.39, 0.29) is 4.91 Å². The topological polar surface area (TPSA) is 42.3 Å². The number of benzene rings is 2. The lowest BCUT2D eigenvalue weighted by Gasteiger charge is -2.14. The lowest BCUT2D eigenvalue weighted by Crippen LogP contribution is -2.27. The summed E-state index contributed by atoms with van der Waals surface area (Å²) in [7, 11) is 0. The van der Waals surface area contributed by atoms with Crippen LogP contribution in [0.15, 0.2) is 66.2 Å². The number of carbonyl (C=O) groups is 2. The van der Waals surface area contributed by atoms with Gasteiger partial charge in [0.25, 0.3) is 11.1 Å². The van der Waals surface area contributed by atoms with Crippen molar-refractivity contribution in [3.63, 3.8) is 0 Å². The number of rotatable bonds is 3. The predicted octanol–water partition coefficient (Wildman–Crippen LogP) is 5.42. The standard InChI is InChI=1S/C20H13F3N2O2S/c1-12-18(26)25(19(27)28-12)17-4-2-3-16-15(17)9-10-24(16)11-13-5-7-14(8-6-13)20(21,22)23/h2-10H,1,11H2. The maximum absolute atomic E-state index is 12.7. The minimum Gasteiger partial charge on any atom is -0.343 e. The Bertz CT molecular complexity index is 1120. The number of alkyl halides is 3. The quantitative estimate of drug-likeness (QED) is 0.549. The number of fused-ring (bicyclic) bond motifs is 1. The first kappa shape index (κ1) is 18.4. The van der Waals surface area contributed by atoms with E-state index in [9.17, 15) is 22.8 Å². The number of nitrogens with zero attached hydrogens (tertiary/aromatic N) is 2. The maximum atomic E-state index is 12.7. The number of hydrogen-bond acceptors (Lipinski definition) is 3. The van der Waals surface area contributed by atoms with E-state index in [0.29, 0.717) is 23.2 Å². The van der Waals surface area contributed by atoms with Crippen molar-refractivity contribution in [3.05, 3.63) is 77.3 Å². The molecular weight excluding hydrogens is 389 g/mol. The van der Waals surface area contributed by atoms with Crippen LogP contribution < -0.4 is 4.90 Å². The minimum absolute atomic E-state index is 0.172. The Labute approximate surface area is 162 Å². The summed E-state index contributed by atoms with van der Waals surface area (Å²) in [6.07, 6.45) is -2.59. The Hall–Kier alpha value is -3.00. The first-order chi connectivity index (χ1) is 13.3. The van der Waals surface area contributed by atoms with Crippen LogP contribution in [0.25, 0.3) is 10.9 Å². The highest BCUT2D eigenvalue weighted by Gasteiger charge is 2.36. The normalized spacial score (nSPS) is 15.1. The molecule has 0 unspecified atom stereocenters. The molecule has 0 saturated carbocycles. The van der Waals surface area contributed by atoms with E-state index < -0.39 is 22.9 Å². The van der Waals surface area contributed by atoms with Gasteiger partial charge in [-0.25, -0.2) is 4.90 Å². The van der Waals surface area contributed by atoms with Crippen LogP contribution in [-0.4, -0.2) is 15.7 Å². The van der Waals surface area contributed by atoms with Gasteiger partial charge in [0.15, 0.2) is 0 Å². The van der Waals surface area contributed by atoms with Crippen LogP contribution in [0.2, 0.25) is 0 Å². The van der Waals surface area contributed by atoms with Crippen LogP contribution in [0.4, 0.5) is 23.7 Å². The summed E-state index contributed by atoms with van der Waals surface area (Å²) in [6.45, 7) is 3.95. The van der Waals surface area contributed by atoms with E-state index in [2.05, 4.69) is 6.58 Å². The molecule has 3 aromatic rings. The highest BCUT2D eigenvalue weighted by Crippen LogP contribution is 2.37. The van der Waals surface area contributed by atoms with Crippen molar-refractivity contribution >= 4 is 39.5 Å². The summed E-state index contributed by atoms with van der Waals surface area (Å²) < 4.78 is 40.0. The maximum Gasteiger partial charge on any atom is 0.416 e. The zero-order valence-electron chi connectivity index (χ0n) is 14.4. The fourth-order valence-electron chi connectivity index (χ4n) is 3.15. The summed E-state index contributed by atoms with van der Waals surface area (Å²) >= 11 is 0.797. The molecule has 0 N–H and O–H groups in total. The number of hydrogen-bond donors (Lipinski definition) is 0. The van der Waals surface area contributed by atoms with Crippen molar-refractivity contribution in [2.75, 3.05) is 4.90 Å². The van der Waals surface area contributed by atoms with Crippen molar-refractivity contribution in [1.82, 2.24) is 4.57 Å². The molecule has 142 valence electrons. The largest absolute Gasteiger partial charge is 0.416 e. The smallest absolute Gasteiger partial charge is 0.343 e. The van der Waals surface area contributed by atoms with Crippen LogP contribution in [0.5, 0.6) is 0 Å². The highest BCUT2D eigenvalue weighted by molar-refractivity contribution is 8.18. The molecule has 28 heavy (non-hydrogen) atoms. The molecule has 1 aliphatic rings. The third-order valence-electron chi connectivity index (χ3n) is 4.50. The molecule has 2 heterocycles. The molecule has 0 bridgehead atoms. The van der Waals surface area contributed by atoms with Crippen LogP contribution in [0.1, 0.15) is 11.1 Å². The molecule has 2 aromatic carbocycles. The Morgan fingerprint density at radius 2 is 1.71 bits per heavy atom. The van der Waals surface area contributed by atoms with E-state index in [4.69, 9.17) is 0 Å². The number of amides is 2. The van der Waals surface area contributed by atoms with Gasteiger partial charge in [0.2, 0.25) is 0 Å². The molecule has 4 nitrogen and oxygen atoms in total. The number of anilines is 1. The Morgan fingerprint density at radius 1 is 1.00 bits per heavy atom. The Kier molecular flexibility index (Phi) is 4.30. The molecule has 4 rings (SSSR count). The van der Waals surface area contributed by atoms with Gasteiger partial charge in [0.1, 0.15) is 0 Å². The molecule has 0 radical (unpaired) electrons. The lowest BCUT2D eigenvalue weighted by atomic mass is 10.1. The Morgan fingerprint density at radius 3 is 2.32 bits per heavy atom. The van der Waals surface area contributed by atoms with E-state index >= 15 is 0 Å². The average Bonchev–Trinajstić information content (AvgIpc) is 3.16. The second-order valence-corrected chi connectivity index (χ2v) is 7.33. The first-order valence-corrected chi connectivity index (χ1v) is 9.06. The molecule has 0 spiro atoms. The Balaban J connectivity index is 1.68. The summed E-state index contributed by atoms with van der Waals surface area (Å²) in [5.41, 5.74) is 1.23. The number of thioether (sulfide) groups is 1. The molecule has 2 amide bonds. The van der Waals surface area contributed by atoms with Gasteiger partial charge in [0.05, 0.1) is 21.7 Å². The number of halogens is 3. The molecule has 1 aromatic heterocycles. The van der Waals surface area contributed by atoms with Gasteiger partial charge >= 0.3 is 6.18 Å². The highest BCUT2D eigenvalue weighted by atomic mass is 32.2. The van der Waals surface area contributed by atoms with Gasteiger partial charge in [-0.1, -0.05) is 24.8 Å². The third kappa shape index (κ3) is 3.09. The van der Waals surface area contributed by atoms with Crippen molar-refractivity contribution < 1.29 is 22.8 Å². The molecule has 8 heteroatoms. The summed E-state index contributed by atoms with van der Waals surface area (Å²) in [5.74, 6) is -0.446. The third-order valence-corrected chi connectivity index (χ3v) is 5.28. The van der Waals surface area contributed by atoms with Crippen molar-refractivity contribution in [3.8, 4) is 0 Å². The zero-order valence-corrected chi connectivity index (χ0v) is 15.2. The number of imide groups is 1. The van der Waals surface area contributed by atoms with Crippen molar-refractivity contribution in [2.24, 2.45) is 0 Å². The number of carbonyl (C=O) groups excluding carboxylic acids is 2. The van der Waals surface area contributed by atoms with Crippen molar-refractivity contribution in [2.45, 2.75) is 12.7 Å². The minimum atomic E-state index is -4.37. The van der Waals surface area contributed by atoms with Crippen LogP contribution in [0, 0.1) is 0 Å². The summed E-state index contributed by atoms with van der Waals surface area (Å²) in [4.78, 5) is 25.7. The zero-order chi connectivity index (χ0) is 20.1. The molecule has 1 fully saturated rings. The van der Waals surface area contributed by atoms with Gasteiger partial charge in [0, 0.05) is 18.1 Å². The summed E-state index contributed by atoms with van der Waals surface area (Å²) in [5, 5.41) is 0.296. The molecule has 0 atom stereocenters. The average molecular weight is 402 g/mol. The molecule has 1 aliphatic heterocycles. The van der Waals surface area contributed by atoms with E-state index in [1.165, 1.54) is 12.1 Å². The summed E-state index contributed by atoms with van der Waals surface area (Å²) in [6, 6.07) is 12.0. The second-order valence-electron chi connectivity index (χ2n) is 6.28. The van der Waals surface area contributed by atoms with Gasteiger partial charge < -0.3 is 4.57 Å². The molecular formula is C20H13F3N2O2S. The fraction of sp³-hybridized carbons (Fsp3) is 0.100. The van der Waals surface area contributed by atoms with Crippen LogP contribution in [0.3, 0.4) is 0 Å². The van der Waals surface area contributed by atoms with Gasteiger partial charge in [-0.05, 0) is 47.7 Å². The lowest BCUT2D eigenvalue weighted by molar-refractivity contribution is -0.137. The van der Waals surface area contributed by atoms with Gasteiger partial charge in [-0.15, -0.1) is 0 Å².